The van der Waals surface area contributed by atoms with Crippen molar-refractivity contribution in [2.45, 2.75) is 20.0 Å². The third-order valence-corrected chi connectivity index (χ3v) is 3.73. The van der Waals surface area contributed by atoms with Crippen molar-refractivity contribution in [1.82, 2.24) is 19.7 Å². The Morgan fingerprint density at radius 3 is 2.82 bits per heavy atom. The molecule has 0 saturated heterocycles. The second kappa shape index (κ2) is 5.77. The second-order valence-corrected chi connectivity index (χ2v) is 5.91. The van der Waals surface area contributed by atoms with Gasteiger partial charge < -0.3 is 4.98 Å². The van der Waals surface area contributed by atoms with E-state index in [-0.39, 0.29) is 5.56 Å². The maximum Gasteiger partial charge on any atom is 0.252 e. The van der Waals surface area contributed by atoms with Gasteiger partial charge in [0.1, 0.15) is 0 Å². The van der Waals surface area contributed by atoms with Crippen molar-refractivity contribution in [3.63, 3.8) is 0 Å². The largest absolute Gasteiger partial charge is 0.322 e. The summed E-state index contributed by atoms with van der Waals surface area (Å²) in [5.74, 6) is 0. The van der Waals surface area contributed by atoms with E-state index in [4.69, 9.17) is 0 Å². The summed E-state index contributed by atoms with van der Waals surface area (Å²) in [6, 6.07) is 8.09. The summed E-state index contributed by atoms with van der Waals surface area (Å²) in [5.41, 5.74) is 3.94. The van der Waals surface area contributed by atoms with Gasteiger partial charge in [-0.15, -0.1) is 0 Å². The van der Waals surface area contributed by atoms with Crippen molar-refractivity contribution in [3.8, 4) is 0 Å². The van der Waals surface area contributed by atoms with E-state index in [0.29, 0.717) is 6.54 Å². The van der Waals surface area contributed by atoms with Gasteiger partial charge in [-0.05, 0) is 37.1 Å². The first-order chi connectivity index (χ1) is 10.5. The molecule has 0 aliphatic carbocycles. The first kappa shape index (κ1) is 14.5. The molecule has 0 unspecified atom stereocenters. The lowest BCUT2D eigenvalue weighted by Gasteiger charge is -2.15. The second-order valence-electron chi connectivity index (χ2n) is 5.91. The van der Waals surface area contributed by atoms with Gasteiger partial charge in [0.2, 0.25) is 0 Å². The fraction of sp³-hybridized carbons (Fsp3) is 0.294. The number of aryl methyl sites for hydroxylation is 2. The lowest BCUT2D eigenvalue weighted by molar-refractivity contribution is 0.318. The Morgan fingerprint density at radius 2 is 2.09 bits per heavy atom. The number of rotatable bonds is 4. The first-order valence-corrected chi connectivity index (χ1v) is 7.30. The van der Waals surface area contributed by atoms with Gasteiger partial charge in [0, 0.05) is 43.0 Å². The van der Waals surface area contributed by atoms with E-state index >= 15 is 0 Å². The summed E-state index contributed by atoms with van der Waals surface area (Å²) >= 11 is 0. The fourth-order valence-electron chi connectivity index (χ4n) is 2.69. The van der Waals surface area contributed by atoms with Gasteiger partial charge in [0.15, 0.2) is 0 Å². The molecular formula is C17H20N4O. The Kier molecular flexibility index (Phi) is 3.81. The van der Waals surface area contributed by atoms with E-state index in [9.17, 15) is 4.79 Å². The van der Waals surface area contributed by atoms with Crippen molar-refractivity contribution < 1.29 is 0 Å². The van der Waals surface area contributed by atoms with E-state index in [1.165, 1.54) is 0 Å². The average Bonchev–Trinajstić information content (AvgIpc) is 2.85. The van der Waals surface area contributed by atoms with Crippen molar-refractivity contribution in [2.24, 2.45) is 7.05 Å². The van der Waals surface area contributed by atoms with Crippen LogP contribution in [0.5, 0.6) is 0 Å². The zero-order valence-electron chi connectivity index (χ0n) is 13.1. The molecule has 0 amide bonds. The number of H-pyrrole nitrogens is 1. The minimum absolute atomic E-state index is 0.0175. The van der Waals surface area contributed by atoms with Crippen LogP contribution in [-0.4, -0.2) is 26.7 Å². The summed E-state index contributed by atoms with van der Waals surface area (Å²) in [6.45, 7) is 3.39. The van der Waals surface area contributed by atoms with Crippen molar-refractivity contribution in [3.05, 3.63) is 63.7 Å². The number of aromatic amines is 1. The molecule has 22 heavy (non-hydrogen) atoms. The highest BCUT2D eigenvalue weighted by Gasteiger charge is 2.08. The van der Waals surface area contributed by atoms with Crippen LogP contribution < -0.4 is 5.56 Å². The predicted octanol–water partition coefficient (Wildman–Crippen LogP) is 2.20. The summed E-state index contributed by atoms with van der Waals surface area (Å²) in [5, 5.41) is 5.23. The molecule has 2 aromatic heterocycles. The van der Waals surface area contributed by atoms with E-state index in [0.717, 1.165) is 34.1 Å². The quantitative estimate of drug-likeness (QED) is 0.803. The summed E-state index contributed by atoms with van der Waals surface area (Å²) < 4.78 is 1.79. The molecule has 1 N–H and O–H groups in total. The molecule has 0 spiro atoms. The van der Waals surface area contributed by atoms with Crippen LogP contribution in [0.15, 0.2) is 41.5 Å². The molecule has 0 bridgehead atoms. The lowest BCUT2D eigenvalue weighted by Crippen LogP contribution is -2.23. The molecule has 0 aliphatic heterocycles. The molecule has 0 radical (unpaired) electrons. The first-order valence-electron chi connectivity index (χ1n) is 7.30. The Morgan fingerprint density at radius 1 is 1.27 bits per heavy atom. The number of hydrogen-bond acceptors (Lipinski definition) is 3. The molecule has 0 saturated carbocycles. The van der Waals surface area contributed by atoms with Crippen molar-refractivity contribution in [1.29, 1.82) is 0 Å². The highest BCUT2D eigenvalue weighted by Crippen LogP contribution is 2.14. The molecule has 3 aromatic rings. The third-order valence-electron chi connectivity index (χ3n) is 3.73. The van der Waals surface area contributed by atoms with Gasteiger partial charge in [-0.3, -0.25) is 14.4 Å². The Hall–Kier alpha value is -2.40. The average molecular weight is 296 g/mol. The van der Waals surface area contributed by atoms with E-state index in [1.807, 2.05) is 51.6 Å². The normalized spacial score (nSPS) is 11.5. The van der Waals surface area contributed by atoms with E-state index in [1.54, 1.807) is 4.68 Å². The Bertz CT molecular complexity index is 862. The number of pyridine rings is 1. The smallest absolute Gasteiger partial charge is 0.252 e. The van der Waals surface area contributed by atoms with Crippen LogP contribution in [0.4, 0.5) is 0 Å². The molecular weight excluding hydrogens is 276 g/mol. The van der Waals surface area contributed by atoms with Crippen molar-refractivity contribution >= 4 is 10.9 Å². The highest BCUT2D eigenvalue weighted by molar-refractivity contribution is 5.79. The number of nitrogens with one attached hydrogen (secondary N) is 1. The molecule has 114 valence electrons. The Labute approximate surface area is 129 Å². The van der Waals surface area contributed by atoms with E-state index in [2.05, 4.69) is 21.0 Å². The van der Waals surface area contributed by atoms with Crippen LogP contribution in [0.25, 0.3) is 10.9 Å². The van der Waals surface area contributed by atoms with Crippen LogP contribution >= 0.6 is 0 Å². The molecule has 1 aromatic carbocycles. The predicted molar refractivity (Wildman–Crippen MR) is 87.7 cm³/mol. The van der Waals surface area contributed by atoms with Crippen LogP contribution in [0.1, 0.15) is 16.7 Å². The third kappa shape index (κ3) is 3.09. The monoisotopic (exact) mass is 296 g/mol. The number of fused-ring (bicyclic) bond motifs is 1. The summed E-state index contributed by atoms with van der Waals surface area (Å²) in [6.07, 6.45) is 3.84. The Balaban J connectivity index is 1.82. The minimum atomic E-state index is -0.0175. The van der Waals surface area contributed by atoms with Crippen LogP contribution in [-0.2, 0) is 20.1 Å². The topological polar surface area (TPSA) is 53.9 Å². The number of hydrogen-bond donors (Lipinski definition) is 1. The molecule has 0 atom stereocenters. The number of nitrogens with zero attached hydrogens (tertiary/aromatic N) is 3. The van der Waals surface area contributed by atoms with Crippen LogP contribution in [0.3, 0.4) is 0 Å². The van der Waals surface area contributed by atoms with Gasteiger partial charge in [0.25, 0.3) is 5.56 Å². The summed E-state index contributed by atoms with van der Waals surface area (Å²) in [4.78, 5) is 17.3. The fourth-order valence-corrected chi connectivity index (χ4v) is 2.69. The lowest BCUT2D eigenvalue weighted by atomic mass is 10.1. The molecule has 5 heteroatoms. The highest BCUT2D eigenvalue weighted by atomic mass is 16.1. The minimum Gasteiger partial charge on any atom is -0.322 e. The maximum atomic E-state index is 12.2. The molecule has 3 rings (SSSR count). The van der Waals surface area contributed by atoms with Crippen LogP contribution in [0.2, 0.25) is 0 Å². The molecule has 0 aliphatic rings. The molecule has 2 heterocycles. The SMILES string of the molecule is Cc1ccc2cc(CN(C)Cc3cnn(C)c3)c(=O)[nH]c2c1. The zero-order valence-corrected chi connectivity index (χ0v) is 13.1. The van der Waals surface area contributed by atoms with Gasteiger partial charge in [-0.25, -0.2) is 0 Å². The van der Waals surface area contributed by atoms with Gasteiger partial charge in [-0.1, -0.05) is 12.1 Å². The van der Waals surface area contributed by atoms with E-state index < -0.39 is 0 Å². The van der Waals surface area contributed by atoms with Crippen molar-refractivity contribution in [2.75, 3.05) is 7.05 Å². The van der Waals surface area contributed by atoms with Gasteiger partial charge in [-0.2, -0.15) is 5.10 Å². The zero-order chi connectivity index (χ0) is 15.7. The van der Waals surface area contributed by atoms with Gasteiger partial charge in [0.05, 0.1) is 6.20 Å². The number of benzene rings is 1. The molecule has 5 nitrogen and oxygen atoms in total. The number of aromatic nitrogens is 3. The van der Waals surface area contributed by atoms with Gasteiger partial charge >= 0.3 is 0 Å². The van der Waals surface area contributed by atoms with Crippen LogP contribution in [0, 0.1) is 6.92 Å². The molecule has 0 fully saturated rings. The summed E-state index contributed by atoms with van der Waals surface area (Å²) in [7, 11) is 3.91. The standard InChI is InChI=1S/C17H20N4O/c1-12-4-5-14-7-15(17(22)19-16(14)6-12)11-20(2)9-13-8-18-21(3)10-13/h4-8,10H,9,11H2,1-3H3,(H,19,22). The maximum absolute atomic E-state index is 12.2.